The Bertz CT molecular complexity index is 1210. The van der Waals surface area contributed by atoms with Gasteiger partial charge in [-0.05, 0) is 48.9 Å². The Kier molecular flexibility index (Phi) is 6.95. The number of hydrogen-bond donors (Lipinski definition) is 2. The highest BCUT2D eigenvalue weighted by molar-refractivity contribution is 6.10. The number of rotatable bonds is 7. The maximum atomic E-state index is 14.0. The van der Waals surface area contributed by atoms with Gasteiger partial charge < -0.3 is 15.0 Å². The van der Waals surface area contributed by atoms with Crippen molar-refractivity contribution in [3.05, 3.63) is 102 Å². The first-order valence-electron chi connectivity index (χ1n) is 12.7. The molecular formula is C30H32N4O3. The molecule has 0 aromatic heterocycles. The summed E-state index contributed by atoms with van der Waals surface area (Å²) in [5, 5.41) is 11.9. The van der Waals surface area contributed by atoms with Gasteiger partial charge in [-0.25, -0.2) is 0 Å². The fraction of sp³-hybridized carbons (Fsp3) is 0.300. The smallest absolute Gasteiger partial charge is 0.264 e. The minimum absolute atomic E-state index is 0.0174. The Labute approximate surface area is 217 Å². The molecule has 2 aliphatic heterocycles. The van der Waals surface area contributed by atoms with E-state index in [2.05, 4.69) is 5.32 Å². The second kappa shape index (κ2) is 10.5. The van der Waals surface area contributed by atoms with Gasteiger partial charge in [-0.3, -0.25) is 19.9 Å². The predicted octanol–water partition coefficient (Wildman–Crippen LogP) is 3.92. The van der Waals surface area contributed by atoms with Crippen LogP contribution in [0.4, 0.5) is 0 Å². The van der Waals surface area contributed by atoms with Crippen molar-refractivity contribution in [3.63, 3.8) is 0 Å². The summed E-state index contributed by atoms with van der Waals surface area (Å²) in [6.45, 7) is 3.71. The number of carbonyl (C=O) groups is 2. The van der Waals surface area contributed by atoms with E-state index < -0.39 is 5.54 Å². The standard InChI is InChI=1S/C30H32N4O3/c1-22-12-14-26(15-13-22)37-21-27(35)33-18-16-23(17-19-33)20-34-28(36)30(32-29(34)31,24-8-4-2-5-9-24)25-10-6-3-7-11-25/h2-15,23H,16-21H2,1H3,(H2,31,32). The van der Waals surface area contributed by atoms with E-state index in [1.807, 2.05) is 96.8 Å². The zero-order chi connectivity index (χ0) is 25.8. The van der Waals surface area contributed by atoms with Gasteiger partial charge in [0.1, 0.15) is 5.75 Å². The van der Waals surface area contributed by atoms with E-state index in [1.165, 1.54) is 0 Å². The van der Waals surface area contributed by atoms with Crippen molar-refractivity contribution in [1.82, 2.24) is 15.1 Å². The van der Waals surface area contributed by atoms with E-state index in [1.54, 1.807) is 4.90 Å². The van der Waals surface area contributed by atoms with Crippen LogP contribution in [0.3, 0.4) is 0 Å². The van der Waals surface area contributed by atoms with Crippen LogP contribution in [0.1, 0.15) is 29.5 Å². The lowest BCUT2D eigenvalue weighted by atomic mass is 9.82. The van der Waals surface area contributed by atoms with Crippen molar-refractivity contribution in [1.29, 1.82) is 5.41 Å². The van der Waals surface area contributed by atoms with E-state index >= 15 is 0 Å². The summed E-state index contributed by atoms with van der Waals surface area (Å²) in [5.74, 6) is 0.837. The second-order valence-electron chi connectivity index (χ2n) is 9.80. The largest absolute Gasteiger partial charge is 0.484 e. The maximum Gasteiger partial charge on any atom is 0.264 e. The number of ether oxygens (including phenoxy) is 1. The van der Waals surface area contributed by atoms with Crippen LogP contribution in [0, 0.1) is 18.3 Å². The summed E-state index contributed by atoms with van der Waals surface area (Å²) in [7, 11) is 0. The Morgan fingerprint density at radius 3 is 2.08 bits per heavy atom. The summed E-state index contributed by atoms with van der Waals surface area (Å²) >= 11 is 0. The molecule has 3 aromatic rings. The normalized spacial score (nSPS) is 17.5. The first-order chi connectivity index (χ1) is 18.0. The third-order valence-corrected chi connectivity index (χ3v) is 7.35. The average molecular weight is 497 g/mol. The van der Waals surface area contributed by atoms with Crippen molar-refractivity contribution >= 4 is 17.8 Å². The SMILES string of the molecule is Cc1ccc(OCC(=O)N2CCC(CN3C(=N)NC(c4ccccc4)(c4ccccc4)C3=O)CC2)cc1. The molecule has 7 heteroatoms. The van der Waals surface area contributed by atoms with Gasteiger partial charge in [-0.15, -0.1) is 0 Å². The molecule has 2 N–H and O–H groups in total. The lowest BCUT2D eigenvalue weighted by Crippen LogP contribution is -2.46. The predicted molar refractivity (Wildman–Crippen MR) is 142 cm³/mol. The molecule has 0 aliphatic carbocycles. The highest BCUT2D eigenvalue weighted by atomic mass is 16.5. The van der Waals surface area contributed by atoms with Gasteiger partial charge in [0.2, 0.25) is 0 Å². The van der Waals surface area contributed by atoms with Gasteiger partial charge in [-0.2, -0.15) is 0 Å². The Morgan fingerprint density at radius 2 is 1.51 bits per heavy atom. The molecule has 37 heavy (non-hydrogen) atoms. The molecule has 0 atom stereocenters. The molecule has 2 amide bonds. The second-order valence-corrected chi connectivity index (χ2v) is 9.80. The fourth-order valence-electron chi connectivity index (χ4n) is 5.20. The molecular weight excluding hydrogens is 464 g/mol. The molecule has 7 nitrogen and oxygen atoms in total. The van der Waals surface area contributed by atoms with E-state index in [4.69, 9.17) is 10.1 Å². The third kappa shape index (κ3) is 4.94. The average Bonchev–Trinajstić information content (AvgIpc) is 3.19. The zero-order valence-corrected chi connectivity index (χ0v) is 21.0. The maximum absolute atomic E-state index is 14.0. The van der Waals surface area contributed by atoms with Gasteiger partial charge in [0, 0.05) is 19.6 Å². The Morgan fingerprint density at radius 1 is 0.946 bits per heavy atom. The Hall–Kier alpha value is -4.13. The van der Waals surface area contributed by atoms with Gasteiger partial charge >= 0.3 is 0 Å². The number of aryl methyl sites for hydroxylation is 1. The zero-order valence-electron chi connectivity index (χ0n) is 21.0. The molecule has 5 rings (SSSR count). The van der Waals surface area contributed by atoms with Crippen molar-refractivity contribution in [2.45, 2.75) is 25.3 Å². The number of hydrogen-bond acceptors (Lipinski definition) is 4. The molecule has 2 aliphatic rings. The van der Waals surface area contributed by atoms with Crippen molar-refractivity contribution in [2.75, 3.05) is 26.2 Å². The van der Waals surface area contributed by atoms with Gasteiger partial charge in [-0.1, -0.05) is 78.4 Å². The van der Waals surface area contributed by atoms with Gasteiger partial charge in [0.15, 0.2) is 18.1 Å². The monoisotopic (exact) mass is 496 g/mol. The van der Waals surface area contributed by atoms with Crippen LogP contribution in [0.2, 0.25) is 0 Å². The van der Waals surface area contributed by atoms with E-state index in [-0.39, 0.29) is 30.3 Å². The number of likely N-dealkylation sites (tertiary alicyclic amines) is 1. The number of benzene rings is 3. The minimum atomic E-state index is -1.12. The topological polar surface area (TPSA) is 85.7 Å². The molecule has 190 valence electrons. The fourth-order valence-corrected chi connectivity index (χ4v) is 5.20. The molecule has 0 spiro atoms. The lowest BCUT2D eigenvalue weighted by molar-refractivity contribution is -0.135. The summed E-state index contributed by atoms with van der Waals surface area (Å²) in [4.78, 5) is 30.1. The summed E-state index contributed by atoms with van der Waals surface area (Å²) in [6.07, 6.45) is 1.55. The molecule has 0 unspecified atom stereocenters. The Balaban J connectivity index is 1.22. The quantitative estimate of drug-likeness (QED) is 0.519. The van der Waals surface area contributed by atoms with Crippen LogP contribution in [0.15, 0.2) is 84.9 Å². The first kappa shape index (κ1) is 24.6. The number of piperidine rings is 1. The third-order valence-electron chi connectivity index (χ3n) is 7.35. The first-order valence-corrected chi connectivity index (χ1v) is 12.7. The van der Waals surface area contributed by atoms with Gasteiger partial charge in [0.05, 0.1) is 0 Å². The molecule has 0 bridgehead atoms. The van der Waals surface area contributed by atoms with Crippen LogP contribution in [-0.2, 0) is 15.1 Å². The summed E-state index contributed by atoms with van der Waals surface area (Å²) in [5.41, 5.74) is 1.65. The van der Waals surface area contributed by atoms with Crippen molar-refractivity contribution < 1.29 is 14.3 Å². The van der Waals surface area contributed by atoms with Crippen LogP contribution >= 0.6 is 0 Å². The number of guanidine groups is 1. The molecule has 3 aromatic carbocycles. The van der Waals surface area contributed by atoms with Crippen LogP contribution in [0.5, 0.6) is 5.75 Å². The number of nitrogens with one attached hydrogen (secondary N) is 2. The molecule has 0 radical (unpaired) electrons. The minimum Gasteiger partial charge on any atom is -0.484 e. The lowest BCUT2D eigenvalue weighted by Gasteiger charge is -2.34. The molecule has 2 fully saturated rings. The van der Waals surface area contributed by atoms with Crippen molar-refractivity contribution in [2.24, 2.45) is 5.92 Å². The molecule has 0 saturated carbocycles. The molecule has 2 saturated heterocycles. The summed E-state index contributed by atoms with van der Waals surface area (Å²) in [6, 6.07) is 26.9. The summed E-state index contributed by atoms with van der Waals surface area (Å²) < 4.78 is 5.67. The molecule has 2 heterocycles. The number of amides is 2. The highest BCUT2D eigenvalue weighted by Crippen LogP contribution is 2.36. The van der Waals surface area contributed by atoms with E-state index in [0.717, 1.165) is 29.5 Å². The van der Waals surface area contributed by atoms with Crippen LogP contribution < -0.4 is 10.1 Å². The van der Waals surface area contributed by atoms with E-state index in [0.29, 0.717) is 25.4 Å². The van der Waals surface area contributed by atoms with Crippen molar-refractivity contribution in [3.8, 4) is 5.75 Å². The van der Waals surface area contributed by atoms with Gasteiger partial charge in [0.25, 0.3) is 11.8 Å². The number of nitrogens with zero attached hydrogens (tertiary/aromatic N) is 2. The van der Waals surface area contributed by atoms with Crippen LogP contribution in [-0.4, -0.2) is 53.8 Å². The highest BCUT2D eigenvalue weighted by Gasteiger charge is 2.52. The van der Waals surface area contributed by atoms with Crippen LogP contribution in [0.25, 0.3) is 0 Å². The number of carbonyl (C=O) groups excluding carboxylic acids is 2. The van der Waals surface area contributed by atoms with E-state index in [9.17, 15) is 9.59 Å².